The lowest BCUT2D eigenvalue weighted by atomic mass is 9.95. The van der Waals surface area contributed by atoms with Crippen molar-refractivity contribution < 1.29 is 4.74 Å². The second-order valence-electron chi connectivity index (χ2n) is 4.22. The summed E-state index contributed by atoms with van der Waals surface area (Å²) in [5, 5.41) is 8.15. The van der Waals surface area contributed by atoms with Crippen LogP contribution in [0, 0.1) is 0 Å². The topological polar surface area (TPSA) is 39.1 Å². The zero-order chi connectivity index (χ0) is 12.3. The molecule has 0 bridgehead atoms. The molecule has 0 saturated heterocycles. The van der Waals surface area contributed by atoms with Crippen LogP contribution >= 0.6 is 11.6 Å². The van der Waals surface area contributed by atoms with Crippen LogP contribution in [0.15, 0.2) is 6.20 Å². The second-order valence-corrected chi connectivity index (χ2v) is 4.63. The molecule has 1 heterocycles. The number of hydrogen-bond donors (Lipinski definition) is 1. The van der Waals surface area contributed by atoms with Crippen LogP contribution in [0.3, 0.4) is 0 Å². The van der Waals surface area contributed by atoms with E-state index < -0.39 is 0 Å². The Morgan fingerprint density at radius 3 is 2.69 bits per heavy atom. The summed E-state index contributed by atoms with van der Waals surface area (Å²) in [5.41, 5.74) is 0.629. The Morgan fingerprint density at radius 1 is 1.62 bits per heavy atom. The van der Waals surface area contributed by atoms with Crippen molar-refractivity contribution in [1.82, 2.24) is 15.1 Å². The maximum atomic E-state index is 6.18. The Morgan fingerprint density at radius 2 is 2.25 bits per heavy atom. The van der Waals surface area contributed by atoms with Crippen LogP contribution in [-0.4, -0.2) is 29.5 Å². The quantitative estimate of drug-likeness (QED) is 0.865. The zero-order valence-corrected chi connectivity index (χ0v) is 11.3. The third-order valence-corrected chi connectivity index (χ3v) is 3.21. The highest BCUT2D eigenvalue weighted by molar-refractivity contribution is 6.31. The van der Waals surface area contributed by atoms with Crippen molar-refractivity contribution in [3.63, 3.8) is 0 Å². The van der Waals surface area contributed by atoms with Gasteiger partial charge in [0.25, 0.3) is 0 Å². The highest BCUT2D eigenvalue weighted by atomic mass is 35.5. The van der Waals surface area contributed by atoms with Crippen molar-refractivity contribution in [3.05, 3.63) is 16.9 Å². The molecule has 1 atom stereocenters. The van der Waals surface area contributed by atoms with Crippen LogP contribution in [0.1, 0.15) is 32.5 Å². The van der Waals surface area contributed by atoms with E-state index in [1.54, 1.807) is 13.3 Å². The first-order valence-corrected chi connectivity index (χ1v) is 5.79. The number of aryl methyl sites for hydroxylation is 1. The predicted octanol–water partition coefficient (Wildman–Crippen LogP) is 2.24. The minimum atomic E-state index is -0.342. The average molecular weight is 246 g/mol. The number of nitrogens with zero attached hydrogens (tertiary/aromatic N) is 2. The second kappa shape index (κ2) is 5.17. The van der Waals surface area contributed by atoms with E-state index in [0.29, 0.717) is 5.02 Å². The van der Waals surface area contributed by atoms with Crippen molar-refractivity contribution in [3.8, 4) is 0 Å². The van der Waals surface area contributed by atoms with Crippen LogP contribution in [0.2, 0.25) is 5.02 Å². The molecule has 0 saturated carbocycles. The van der Waals surface area contributed by atoms with Gasteiger partial charge in [0.2, 0.25) is 0 Å². The summed E-state index contributed by atoms with van der Waals surface area (Å²) in [6, 6.07) is 0.00690. The van der Waals surface area contributed by atoms with Gasteiger partial charge < -0.3 is 10.1 Å². The first kappa shape index (κ1) is 13.5. The average Bonchev–Trinajstić information content (AvgIpc) is 2.61. The summed E-state index contributed by atoms with van der Waals surface area (Å²) in [4.78, 5) is 0. The molecule has 4 nitrogen and oxygen atoms in total. The van der Waals surface area contributed by atoms with Gasteiger partial charge in [-0.25, -0.2) is 0 Å². The van der Waals surface area contributed by atoms with E-state index in [0.717, 1.165) is 12.2 Å². The molecule has 0 radical (unpaired) electrons. The molecule has 1 rings (SSSR count). The van der Waals surface area contributed by atoms with E-state index in [2.05, 4.69) is 10.4 Å². The summed E-state index contributed by atoms with van der Waals surface area (Å²) in [6.45, 7) is 6.88. The number of rotatable bonds is 5. The fourth-order valence-electron chi connectivity index (χ4n) is 1.84. The van der Waals surface area contributed by atoms with Crippen LogP contribution in [0.5, 0.6) is 0 Å². The fourth-order valence-corrected chi connectivity index (χ4v) is 2.09. The number of aromatic nitrogens is 2. The van der Waals surface area contributed by atoms with Gasteiger partial charge in [-0.05, 0) is 27.8 Å². The van der Waals surface area contributed by atoms with Gasteiger partial charge in [-0.15, -0.1) is 0 Å². The Kier molecular flexibility index (Phi) is 4.35. The van der Waals surface area contributed by atoms with Gasteiger partial charge in [-0.1, -0.05) is 11.6 Å². The lowest BCUT2D eigenvalue weighted by Crippen LogP contribution is -2.40. The SMILES string of the molecule is CCn1ncc(Cl)c1C(NC)C(C)(C)OC. The Balaban J connectivity index is 3.17. The molecule has 0 aromatic carbocycles. The monoisotopic (exact) mass is 245 g/mol. The number of methoxy groups -OCH3 is 1. The van der Waals surface area contributed by atoms with Gasteiger partial charge in [0, 0.05) is 13.7 Å². The standard InChI is InChI=1S/C11H20ClN3O/c1-6-15-9(8(12)7-14-15)10(13-4)11(2,3)16-5/h7,10,13H,6H2,1-5H3. The Hall–Kier alpha value is -0.580. The lowest BCUT2D eigenvalue weighted by Gasteiger charge is -2.33. The van der Waals surface area contributed by atoms with Crippen LogP contribution < -0.4 is 5.32 Å². The van der Waals surface area contributed by atoms with Crippen molar-refractivity contribution in [2.75, 3.05) is 14.2 Å². The van der Waals surface area contributed by atoms with E-state index >= 15 is 0 Å². The molecule has 0 aliphatic carbocycles. The van der Waals surface area contributed by atoms with Gasteiger partial charge in [-0.3, -0.25) is 4.68 Å². The molecule has 5 heteroatoms. The number of halogens is 1. The lowest BCUT2D eigenvalue weighted by molar-refractivity contribution is -0.0113. The van der Waals surface area contributed by atoms with Crippen LogP contribution in [0.25, 0.3) is 0 Å². The number of likely N-dealkylation sites (N-methyl/N-ethyl adjacent to an activating group) is 1. The van der Waals surface area contributed by atoms with Gasteiger partial charge in [0.05, 0.1) is 28.6 Å². The largest absolute Gasteiger partial charge is 0.377 e. The van der Waals surface area contributed by atoms with Crippen LogP contribution in [-0.2, 0) is 11.3 Å². The number of ether oxygens (including phenoxy) is 1. The van der Waals surface area contributed by atoms with Crippen molar-refractivity contribution in [2.45, 2.75) is 39.0 Å². The normalized spacial score (nSPS) is 14.1. The maximum Gasteiger partial charge on any atom is 0.0835 e. The predicted molar refractivity (Wildman–Crippen MR) is 65.8 cm³/mol. The zero-order valence-electron chi connectivity index (χ0n) is 10.5. The van der Waals surface area contributed by atoms with E-state index in [4.69, 9.17) is 16.3 Å². The first-order chi connectivity index (χ1) is 7.47. The maximum absolute atomic E-state index is 6.18. The molecule has 1 unspecified atom stereocenters. The molecule has 1 N–H and O–H groups in total. The molecule has 0 fully saturated rings. The number of hydrogen-bond acceptors (Lipinski definition) is 3. The summed E-state index contributed by atoms with van der Waals surface area (Å²) in [6.07, 6.45) is 1.68. The number of nitrogens with one attached hydrogen (secondary N) is 1. The summed E-state index contributed by atoms with van der Waals surface area (Å²) in [7, 11) is 3.60. The molecular formula is C11H20ClN3O. The van der Waals surface area contributed by atoms with Gasteiger partial charge in [-0.2, -0.15) is 5.10 Å². The highest BCUT2D eigenvalue weighted by Gasteiger charge is 2.33. The molecule has 0 amide bonds. The molecule has 1 aromatic rings. The highest BCUT2D eigenvalue weighted by Crippen LogP contribution is 2.32. The molecule has 0 aliphatic rings. The van der Waals surface area contributed by atoms with Crippen molar-refractivity contribution in [2.24, 2.45) is 0 Å². The fraction of sp³-hybridized carbons (Fsp3) is 0.727. The Bertz CT molecular complexity index is 349. The molecule has 92 valence electrons. The molecule has 0 spiro atoms. The summed E-state index contributed by atoms with van der Waals surface area (Å²) in [5.74, 6) is 0. The van der Waals surface area contributed by atoms with Gasteiger partial charge >= 0.3 is 0 Å². The van der Waals surface area contributed by atoms with Gasteiger partial charge in [0.15, 0.2) is 0 Å². The third-order valence-electron chi connectivity index (χ3n) is 2.92. The minimum Gasteiger partial charge on any atom is -0.377 e. The third kappa shape index (κ3) is 2.39. The van der Waals surface area contributed by atoms with E-state index in [1.807, 2.05) is 32.5 Å². The van der Waals surface area contributed by atoms with Crippen LogP contribution in [0.4, 0.5) is 0 Å². The van der Waals surface area contributed by atoms with Crippen molar-refractivity contribution >= 4 is 11.6 Å². The molecule has 1 aromatic heterocycles. The Labute approximate surface area is 102 Å². The molecule has 0 aliphatic heterocycles. The molecular weight excluding hydrogens is 226 g/mol. The van der Waals surface area contributed by atoms with Crippen molar-refractivity contribution in [1.29, 1.82) is 0 Å². The van der Waals surface area contributed by atoms with E-state index in [-0.39, 0.29) is 11.6 Å². The first-order valence-electron chi connectivity index (χ1n) is 5.41. The molecule has 16 heavy (non-hydrogen) atoms. The minimum absolute atomic E-state index is 0.00690. The van der Waals surface area contributed by atoms with Gasteiger partial charge in [0.1, 0.15) is 0 Å². The van der Waals surface area contributed by atoms with E-state index in [1.165, 1.54) is 0 Å². The smallest absolute Gasteiger partial charge is 0.0835 e. The summed E-state index contributed by atoms with van der Waals surface area (Å²) < 4.78 is 7.40. The van der Waals surface area contributed by atoms with E-state index in [9.17, 15) is 0 Å². The summed E-state index contributed by atoms with van der Waals surface area (Å²) >= 11 is 6.18.